The van der Waals surface area contributed by atoms with Gasteiger partial charge in [-0.2, -0.15) is 0 Å². The van der Waals surface area contributed by atoms with Gasteiger partial charge in [0.1, 0.15) is 12.1 Å². The van der Waals surface area contributed by atoms with Crippen molar-refractivity contribution in [2.75, 3.05) is 40.8 Å². The van der Waals surface area contributed by atoms with Crippen LogP contribution in [0.15, 0.2) is 9.98 Å². The van der Waals surface area contributed by atoms with Crippen molar-refractivity contribution >= 4 is 46.7 Å². The largest absolute Gasteiger partial charge is 0.617 e. The summed E-state index contributed by atoms with van der Waals surface area (Å²) in [6.07, 6.45) is 1.66. The van der Waals surface area contributed by atoms with Gasteiger partial charge in [0.15, 0.2) is 0 Å². The normalized spacial score (nSPS) is 17.2. The van der Waals surface area contributed by atoms with Gasteiger partial charge in [-0.1, -0.05) is 12.8 Å². The second-order valence-corrected chi connectivity index (χ2v) is 5.71. The molecule has 0 saturated carbocycles. The van der Waals surface area contributed by atoms with Crippen LogP contribution in [0.1, 0.15) is 12.8 Å². The summed E-state index contributed by atoms with van der Waals surface area (Å²) in [5.74, 6) is -1.13. The summed E-state index contributed by atoms with van der Waals surface area (Å²) in [5, 5.41) is 18.7. The Morgan fingerprint density at radius 1 is 1.44 bits per heavy atom. The molecule has 1 aliphatic rings. The molecule has 1 heterocycles. The molecule has 27 heavy (non-hydrogen) atoms. The Kier molecular flexibility index (Phi) is 17.8. The van der Waals surface area contributed by atoms with Gasteiger partial charge in [0.05, 0.1) is 23.4 Å². The minimum absolute atomic E-state index is 0. The molecule has 12 heteroatoms. The summed E-state index contributed by atoms with van der Waals surface area (Å²) < 4.78 is 5.14. The number of hydrogen-bond acceptors (Lipinski definition) is 10. The molecule has 1 radical (unpaired) electrons. The van der Waals surface area contributed by atoms with Crippen molar-refractivity contribution in [1.82, 2.24) is 15.5 Å². The van der Waals surface area contributed by atoms with Crippen molar-refractivity contribution in [2.45, 2.75) is 24.9 Å². The van der Waals surface area contributed by atoms with Crippen LogP contribution < -0.4 is 10.6 Å². The van der Waals surface area contributed by atoms with Crippen LogP contribution in [0, 0.1) is 6.23 Å². The van der Waals surface area contributed by atoms with Crippen molar-refractivity contribution in [3.63, 3.8) is 0 Å². The van der Waals surface area contributed by atoms with Gasteiger partial charge in [-0.25, -0.2) is 9.98 Å². The number of hydrogen-bond donors (Lipinski definition) is 3. The van der Waals surface area contributed by atoms with E-state index in [2.05, 4.69) is 55.4 Å². The van der Waals surface area contributed by atoms with E-state index in [0.29, 0.717) is 38.7 Å². The molecule has 153 valence electrons. The molecule has 9 nitrogen and oxygen atoms in total. The Labute approximate surface area is 180 Å². The number of aliphatic imine (C=N–C) groups is 2. The molecule has 3 N–H and O–H groups in total. The molecule has 0 spiro atoms. The predicted octanol–water partition coefficient (Wildman–Crippen LogP) is 0.195. The van der Waals surface area contributed by atoms with Gasteiger partial charge < -0.3 is 25.4 Å². The molecule has 1 saturated heterocycles. The number of carboxylic acid groups (broad SMARTS) is 1. The Hall–Kier alpha value is -1.06. The number of likely N-dealkylation sites (N-methyl/N-ethyl adjacent to an activating group) is 2. The molecule has 1 rings (SSSR count). The number of carbonyl (C=O) groups excluding carboxylic acids is 1. The fourth-order valence-electron chi connectivity index (χ4n) is 1.86. The molecular formula is C15H24MnN5O4S2-. The van der Waals surface area contributed by atoms with E-state index >= 15 is 0 Å². The van der Waals surface area contributed by atoms with Crippen LogP contribution >= 0.6 is 24.4 Å². The quantitative estimate of drug-likeness (QED) is 0.147. The van der Waals surface area contributed by atoms with Crippen molar-refractivity contribution in [1.29, 1.82) is 0 Å². The molecule has 1 fully saturated rings. The first-order chi connectivity index (χ1) is 12.4. The van der Waals surface area contributed by atoms with Crippen LogP contribution in [0.3, 0.4) is 0 Å². The van der Waals surface area contributed by atoms with E-state index in [1.807, 2.05) is 14.1 Å². The minimum atomic E-state index is -0.868. The van der Waals surface area contributed by atoms with E-state index in [4.69, 9.17) is 9.84 Å². The maximum absolute atomic E-state index is 11.5. The van der Waals surface area contributed by atoms with Crippen LogP contribution in [0.2, 0.25) is 0 Å². The second-order valence-electron chi connectivity index (χ2n) is 5.35. The van der Waals surface area contributed by atoms with Gasteiger partial charge in [-0.15, -0.1) is 0 Å². The number of aliphatic carboxylic acids is 1. The van der Waals surface area contributed by atoms with E-state index in [1.54, 1.807) is 11.9 Å². The fraction of sp³-hybridized carbons (Fsp3) is 0.667. The number of nitrogens with zero attached hydrogens (tertiary/aromatic N) is 3. The third-order valence-electron chi connectivity index (χ3n) is 3.34. The molecule has 0 aliphatic carbocycles. The van der Waals surface area contributed by atoms with E-state index in [9.17, 15) is 9.59 Å². The van der Waals surface area contributed by atoms with Gasteiger partial charge in [0.25, 0.3) is 5.97 Å². The van der Waals surface area contributed by atoms with E-state index in [0.717, 1.165) is 0 Å². The Morgan fingerprint density at radius 2 is 2.04 bits per heavy atom. The average molecular weight is 457 g/mol. The number of morpholine rings is 1. The third kappa shape index (κ3) is 12.9. The number of nitrogens with one attached hydrogen (secondary N) is 2. The van der Waals surface area contributed by atoms with E-state index in [1.165, 1.54) is 0 Å². The first-order valence-electron chi connectivity index (χ1n) is 7.82. The number of rotatable bonds is 9. The Balaban J connectivity index is 0. The molecule has 2 atom stereocenters. The van der Waals surface area contributed by atoms with Gasteiger partial charge in [0, 0.05) is 17.1 Å². The standard InChI is InChI=1S/C9H14N3O2S.C6H10N2O2S.Mn/c1-12(2)8-5-11-7(9(13)14-8)3-4-10-6-15;1-7-5(6(9)10)2-3-8-4-11;/h7,11H,3-5H2,1-2H3;5,7H,2-3H2,1H3,(H,9,10);/q-1;;. The zero-order valence-electron chi connectivity index (χ0n) is 15.4. The monoisotopic (exact) mass is 457 g/mol. The molecule has 0 amide bonds. The summed E-state index contributed by atoms with van der Waals surface area (Å²) in [7, 11) is 5.27. The first-order valence-corrected chi connectivity index (χ1v) is 8.64. The Bertz CT molecular complexity index is 554. The molecule has 0 aromatic rings. The number of cyclic esters (lactones) is 1. The zero-order valence-corrected chi connectivity index (χ0v) is 18.2. The Morgan fingerprint density at radius 3 is 2.48 bits per heavy atom. The summed E-state index contributed by atoms with van der Waals surface area (Å²) in [5.41, 5.74) is 0. The van der Waals surface area contributed by atoms with Gasteiger partial charge in [-0.05, 0) is 58.4 Å². The van der Waals surface area contributed by atoms with Crippen LogP contribution in [0.4, 0.5) is 0 Å². The number of esters is 1. The van der Waals surface area contributed by atoms with Crippen LogP contribution in [-0.2, 0) is 31.4 Å². The van der Waals surface area contributed by atoms with Gasteiger partial charge >= 0.3 is 5.97 Å². The van der Waals surface area contributed by atoms with Gasteiger partial charge in [0.2, 0.25) is 0 Å². The number of isothiocyanates is 2. The molecule has 0 aromatic heterocycles. The van der Waals surface area contributed by atoms with Crippen molar-refractivity contribution in [3.8, 4) is 0 Å². The first kappa shape index (κ1) is 28.2. The predicted molar refractivity (Wildman–Crippen MR) is 104 cm³/mol. The molecule has 0 bridgehead atoms. The molecule has 1 aliphatic heterocycles. The molecule has 2 unspecified atom stereocenters. The second kappa shape index (κ2) is 17.1. The topological polar surface area (TPSA) is 116 Å². The summed E-state index contributed by atoms with van der Waals surface area (Å²) >= 11 is 8.76. The summed E-state index contributed by atoms with van der Waals surface area (Å²) in [6.45, 7) is 1.46. The number of carbonyl (C=O) groups is 2. The van der Waals surface area contributed by atoms with Crippen LogP contribution in [0.5, 0.6) is 0 Å². The molecule has 0 aromatic carbocycles. The average Bonchev–Trinajstić information content (AvgIpc) is 2.60. The molecular weight excluding hydrogens is 433 g/mol. The van der Waals surface area contributed by atoms with Crippen LogP contribution in [-0.4, -0.2) is 85.1 Å². The van der Waals surface area contributed by atoms with E-state index < -0.39 is 12.0 Å². The van der Waals surface area contributed by atoms with Crippen LogP contribution in [0.25, 0.3) is 0 Å². The summed E-state index contributed by atoms with van der Waals surface area (Å²) in [4.78, 5) is 31.0. The maximum atomic E-state index is 11.5. The summed E-state index contributed by atoms with van der Waals surface area (Å²) in [6, 6.07) is -0.831. The maximum Gasteiger partial charge on any atom is 0.320 e. The minimum Gasteiger partial charge on any atom is -0.617 e. The number of carboxylic acids is 1. The smallest absolute Gasteiger partial charge is 0.320 e. The zero-order chi connectivity index (χ0) is 19.9. The third-order valence-corrected chi connectivity index (χ3v) is 3.59. The fourth-order valence-corrected chi connectivity index (χ4v) is 2.04. The van der Waals surface area contributed by atoms with Crippen molar-refractivity contribution in [2.24, 2.45) is 9.98 Å². The van der Waals surface area contributed by atoms with Crippen molar-refractivity contribution in [3.05, 3.63) is 6.23 Å². The van der Waals surface area contributed by atoms with Crippen molar-refractivity contribution < 1.29 is 36.5 Å². The SMILES string of the molecule is CN(C)[C-]1CNC(CCN=C=S)C(=O)O1.CNC(CCN=C=S)C(=O)O.[Mn]. The van der Waals surface area contributed by atoms with E-state index in [-0.39, 0.29) is 29.1 Å². The van der Waals surface area contributed by atoms with Gasteiger partial charge in [-0.3, -0.25) is 9.59 Å². The number of thiocarbonyl (C=S) groups is 2. The number of ether oxygens (including phenoxy) is 1.